The van der Waals surface area contributed by atoms with Crippen LogP contribution >= 0.6 is 22.7 Å². The number of thiophene rings is 1. The Morgan fingerprint density at radius 1 is 0.241 bits per heavy atom. The number of aromatic nitrogens is 10. The third kappa shape index (κ3) is 10.9. The van der Waals surface area contributed by atoms with Gasteiger partial charge in [0.05, 0.1) is 66.1 Å². The standard InChI is InChI=1S/C53H33N5S.C46H27N5OS/c1-4-16-34(17-5-1)42-33-43(55-52(54-42)35-18-6-2-7-19-35)40-32-36(53-56-41-24-12-14-26-46(41)57(53)37-20-8-3-9-21-37)28-29-45(40)58-44-25-13-10-22-38(44)50-47(58)30-31-49-51(50)39-23-11-15-27-48(39)59-49;1-3-13-28(14-4-1)43-48-44(29-15-5-2-6-16-29)50-45(49-43)33-27-30(46-47-34-19-9-12-22-40(34)53-46)23-24-36(33)51-35-20-10-7-17-31(35)41-37(51)25-26-39-42(41)32-18-8-11-21-38(32)52-39/h1-33H;1-27H. The van der Waals surface area contributed by atoms with Gasteiger partial charge in [-0.15, -0.1) is 22.7 Å². The molecule has 0 spiro atoms. The zero-order chi connectivity index (χ0) is 73.7. The molecule has 23 aromatic rings. The second-order valence-corrected chi connectivity index (χ2v) is 30.0. The van der Waals surface area contributed by atoms with Crippen molar-refractivity contribution in [3.05, 3.63) is 364 Å². The number of rotatable bonds is 11. The van der Waals surface area contributed by atoms with Crippen LogP contribution < -0.4 is 0 Å². The van der Waals surface area contributed by atoms with Crippen molar-refractivity contribution in [3.8, 4) is 107 Å². The molecule has 0 fully saturated rings. The van der Waals surface area contributed by atoms with E-state index in [0.717, 1.165) is 160 Å². The number of hydrogen-bond donors (Lipinski definition) is 0. The molecule has 23 rings (SSSR count). The maximum Gasteiger partial charge on any atom is 0.166 e. The summed E-state index contributed by atoms with van der Waals surface area (Å²) in [6.45, 7) is 0. The number of para-hydroxylation sites is 7. The highest BCUT2D eigenvalue weighted by atomic mass is 32.1. The Balaban J connectivity index is 0.000000138. The van der Waals surface area contributed by atoms with Crippen molar-refractivity contribution in [2.24, 2.45) is 0 Å². The smallest absolute Gasteiger partial charge is 0.166 e. The fourth-order valence-corrected chi connectivity index (χ4v) is 18.3. The molecule has 0 aliphatic rings. The number of thiazole rings is 1. The zero-order valence-corrected chi connectivity index (χ0v) is 61.5. The molecule has 0 bridgehead atoms. The van der Waals surface area contributed by atoms with Crippen LogP contribution in [0.15, 0.2) is 368 Å². The first kappa shape index (κ1) is 64.5. The van der Waals surface area contributed by atoms with Crippen molar-refractivity contribution in [3.63, 3.8) is 0 Å². The van der Waals surface area contributed by atoms with Gasteiger partial charge in [-0.2, -0.15) is 0 Å². The molecular weight excluding hydrogens is 1410 g/mol. The molecule has 0 saturated heterocycles. The lowest BCUT2D eigenvalue weighted by Gasteiger charge is -2.17. The highest BCUT2D eigenvalue weighted by molar-refractivity contribution is 7.26. The summed E-state index contributed by atoms with van der Waals surface area (Å²) in [5.74, 6) is 3.33. The number of nitrogens with zero attached hydrogens (tertiary/aromatic N) is 10. The third-order valence-corrected chi connectivity index (χ3v) is 23.5. The molecule has 8 heterocycles. The van der Waals surface area contributed by atoms with E-state index < -0.39 is 0 Å². The number of fused-ring (bicyclic) bond motifs is 16. The largest absolute Gasteiger partial charge is 0.456 e. The minimum absolute atomic E-state index is 0.580. The van der Waals surface area contributed by atoms with Crippen LogP contribution in [0.3, 0.4) is 0 Å². The fourth-order valence-electron chi connectivity index (χ4n) is 16.2. The zero-order valence-electron chi connectivity index (χ0n) is 59.8. The van der Waals surface area contributed by atoms with Gasteiger partial charge in [-0.05, 0) is 127 Å². The Morgan fingerprint density at radius 3 is 1.39 bits per heavy atom. The lowest BCUT2D eigenvalue weighted by Crippen LogP contribution is -2.04. The Hall–Kier alpha value is -14.6. The van der Waals surface area contributed by atoms with Gasteiger partial charge in [0.15, 0.2) is 23.3 Å². The quantitative estimate of drug-likeness (QED) is 0.126. The molecule has 0 N–H and O–H groups in total. The first-order valence-corrected chi connectivity index (χ1v) is 38.9. The van der Waals surface area contributed by atoms with Gasteiger partial charge in [-0.1, -0.05) is 237 Å². The van der Waals surface area contributed by atoms with Crippen LogP contribution in [-0.2, 0) is 0 Å². The fraction of sp³-hybridized carbons (Fsp3) is 0. The van der Waals surface area contributed by atoms with E-state index in [2.05, 4.69) is 275 Å². The monoisotopic (exact) mass is 1470 g/mol. The first-order valence-electron chi connectivity index (χ1n) is 37.3. The lowest BCUT2D eigenvalue weighted by atomic mass is 10.0. The van der Waals surface area contributed by atoms with E-state index in [1.54, 1.807) is 11.3 Å². The van der Waals surface area contributed by atoms with Crippen molar-refractivity contribution in [2.45, 2.75) is 0 Å². The number of hydrogen-bond acceptors (Lipinski definition) is 10. The van der Waals surface area contributed by atoms with Crippen LogP contribution in [0.4, 0.5) is 0 Å². The summed E-state index contributed by atoms with van der Waals surface area (Å²) in [4.78, 5) is 36.4. The first-order chi connectivity index (χ1) is 55.5. The van der Waals surface area contributed by atoms with Crippen LogP contribution in [0.5, 0.6) is 0 Å². The molecular formula is C99H60N10OS2. The summed E-state index contributed by atoms with van der Waals surface area (Å²) in [6.07, 6.45) is 0. The van der Waals surface area contributed by atoms with Crippen molar-refractivity contribution in [1.29, 1.82) is 0 Å². The van der Waals surface area contributed by atoms with Crippen LogP contribution in [0, 0.1) is 0 Å². The molecule has 15 aromatic carbocycles. The molecule has 8 aromatic heterocycles. The average molecular weight is 1470 g/mol. The summed E-state index contributed by atoms with van der Waals surface area (Å²) in [5, 5.41) is 10.5. The minimum Gasteiger partial charge on any atom is -0.456 e. The van der Waals surface area contributed by atoms with Gasteiger partial charge in [0.1, 0.15) is 22.0 Å². The normalized spacial score (nSPS) is 11.8. The second kappa shape index (κ2) is 26.6. The molecule has 0 aliphatic carbocycles. The number of furan rings is 1. The lowest BCUT2D eigenvalue weighted by molar-refractivity contribution is 0.669. The van der Waals surface area contributed by atoms with E-state index in [1.807, 2.05) is 114 Å². The Bertz CT molecular complexity index is 7490. The molecule has 0 saturated carbocycles. The number of imidazole rings is 1. The molecule has 0 radical (unpaired) electrons. The molecule has 11 nitrogen and oxygen atoms in total. The summed E-state index contributed by atoms with van der Waals surface area (Å²) in [7, 11) is 0. The molecule has 0 aliphatic heterocycles. The van der Waals surface area contributed by atoms with Crippen molar-refractivity contribution >= 4 is 130 Å². The summed E-state index contributed by atoms with van der Waals surface area (Å²) in [6, 6.07) is 127. The van der Waals surface area contributed by atoms with Gasteiger partial charge in [0, 0.05) is 103 Å². The van der Waals surface area contributed by atoms with E-state index in [0.29, 0.717) is 23.3 Å². The minimum atomic E-state index is 0.580. The molecule has 0 atom stereocenters. The summed E-state index contributed by atoms with van der Waals surface area (Å²) >= 11 is 3.54. The second-order valence-electron chi connectivity index (χ2n) is 27.8. The van der Waals surface area contributed by atoms with E-state index in [-0.39, 0.29) is 0 Å². The van der Waals surface area contributed by atoms with Gasteiger partial charge in [-0.3, -0.25) is 4.57 Å². The molecule has 524 valence electrons. The van der Waals surface area contributed by atoms with E-state index in [9.17, 15) is 0 Å². The van der Waals surface area contributed by atoms with Crippen LogP contribution in [0.2, 0.25) is 0 Å². The number of benzene rings is 15. The highest BCUT2D eigenvalue weighted by Crippen LogP contribution is 2.48. The predicted octanol–water partition coefficient (Wildman–Crippen LogP) is 26.1. The van der Waals surface area contributed by atoms with Crippen LogP contribution in [0.25, 0.3) is 214 Å². The van der Waals surface area contributed by atoms with Gasteiger partial charge in [0.2, 0.25) is 0 Å². The van der Waals surface area contributed by atoms with Crippen molar-refractivity contribution in [2.75, 3.05) is 0 Å². The van der Waals surface area contributed by atoms with Gasteiger partial charge in [-0.25, -0.2) is 34.9 Å². The van der Waals surface area contributed by atoms with Gasteiger partial charge < -0.3 is 13.6 Å². The summed E-state index contributed by atoms with van der Waals surface area (Å²) < 4.78 is 17.1. The average Bonchev–Trinajstić information content (AvgIpc) is 1.56. The summed E-state index contributed by atoms with van der Waals surface area (Å²) in [5.41, 5.74) is 21.5. The molecule has 13 heteroatoms. The van der Waals surface area contributed by atoms with Gasteiger partial charge >= 0.3 is 0 Å². The van der Waals surface area contributed by atoms with Crippen molar-refractivity contribution < 1.29 is 4.42 Å². The maximum absolute atomic E-state index is 6.38. The van der Waals surface area contributed by atoms with Gasteiger partial charge in [0.25, 0.3) is 0 Å². The van der Waals surface area contributed by atoms with E-state index in [1.165, 1.54) is 30.9 Å². The predicted molar refractivity (Wildman–Crippen MR) is 462 cm³/mol. The maximum atomic E-state index is 6.38. The van der Waals surface area contributed by atoms with E-state index in [4.69, 9.17) is 39.3 Å². The van der Waals surface area contributed by atoms with Crippen LogP contribution in [0.1, 0.15) is 0 Å². The van der Waals surface area contributed by atoms with Crippen molar-refractivity contribution in [1.82, 2.24) is 48.6 Å². The van der Waals surface area contributed by atoms with Crippen LogP contribution in [-0.4, -0.2) is 48.6 Å². The third-order valence-electron chi connectivity index (χ3n) is 21.2. The SMILES string of the molecule is c1ccc(-c2cc(-c3cc(-c4nc5ccccc5n4-c4ccccc4)ccc3-n3c4ccccc4c4c5c(ccc43)sc3ccccc35)nc(-c3ccccc3)n2)cc1.c1ccc(-c2nc(-c3ccccc3)nc(-c3cc(-c4nc5ccccc5s4)ccc3-n3c4ccccc4c4c5c(ccc43)oc3ccccc35)n2)cc1. The Kier molecular flexibility index (Phi) is 15.4. The highest BCUT2D eigenvalue weighted by Gasteiger charge is 2.27. The molecule has 0 unspecified atom stereocenters. The topological polar surface area (TPSA) is 118 Å². The molecule has 112 heavy (non-hydrogen) atoms. The molecule has 0 amide bonds. The van der Waals surface area contributed by atoms with E-state index >= 15 is 0 Å². The Labute approximate surface area is 649 Å². The Morgan fingerprint density at radius 2 is 0.732 bits per heavy atom.